The first-order valence-electron chi connectivity index (χ1n) is 5.32. The lowest BCUT2D eigenvalue weighted by molar-refractivity contribution is -0.380. The van der Waals surface area contributed by atoms with E-state index in [4.69, 9.17) is 5.11 Å². The molecular weight excluding hydrogens is 242 g/mol. The van der Waals surface area contributed by atoms with E-state index in [0.29, 0.717) is 11.6 Å². The predicted molar refractivity (Wildman–Crippen MR) is 67.3 cm³/mol. The summed E-state index contributed by atoms with van der Waals surface area (Å²) in [5.74, 6) is 0. The minimum Gasteiger partial charge on any atom is -0.396 e. The van der Waals surface area contributed by atoms with E-state index in [2.05, 4.69) is 10.3 Å². The molecular formula is C10H17N3O3S. The van der Waals surface area contributed by atoms with Crippen LogP contribution in [0.4, 0.5) is 10.1 Å². The Labute approximate surface area is 104 Å². The highest BCUT2D eigenvalue weighted by Gasteiger charge is 2.25. The summed E-state index contributed by atoms with van der Waals surface area (Å²) in [6.07, 6.45) is 1.82. The summed E-state index contributed by atoms with van der Waals surface area (Å²) >= 11 is 1.01. The Balaban J connectivity index is 2.75. The van der Waals surface area contributed by atoms with Gasteiger partial charge in [0, 0.05) is 12.6 Å². The number of aliphatic hydroxyl groups excluding tert-OH is 1. The Hall–Kier alpha value is -1.21. The standard InChI is InChI=1S/C10H17N3O3S/c1-10(2,3)7(4-5-14)12-9-11-6-8(17-9)13(15)16/h6-7,14H,4-5H2,1-3H3,(H,11,12). The fourth-order valence-electron chi connectivity index (χ4n) is 1.42. The smallest absolute Gasteiger partial charge is 0.345 e. The summed E-state index contributed by atoms with van der Waals surface area (Å²) in [5, 5.41) is 23.2. The molecule has 0 aromatic carbocycles. The molecule has 6 nitrogen and oxygen atoms in total. The third-order valence-electron chi connectivity index (χ3n) is 2.43. The number of nitrogens with zero attached hydrogens (tertiary/aromatic N) is 2. The van der Waals surface area contributed by atoms with E-state index in [0.717, 1.165) is 11.3 Å². The molecule has 1 rings (SSSR count). The summed E-state index contributed by atoms with van der Waals surface area (Å²) in [5.41, 5.74) is -0.0524. The third-order valence-corrected chi connectivity index (χ3v) is 3.31. The second-order valence-corrected chi connectivity index (χ2v) is 5.85. The van der Waals surface area contributed by atoms with Gasteiger partial charge in [0.15, 0.2) is 5.13 Å². The van der Waals surface area contributed by atoms with Gasteiger partial charge >= 0.3 is 5.00 Å². The van der Waals surface area contributed by atoms with E-state index < -0.39 is 4.92 Å². The van der Waals surface area contributed by atoms with Crippen molar-refractivity contribution in [2.24, 2.45) is 5.41 Å². The van der Waals surface area contributed by atoms with E-state index in [1.165, 1.54) is 6.20 Å². The molecule has 1 aromatic heterocycles. The Bertz CT molecular complexity index is 386. The van der Waals surface area contributed by atoms with E-state index >= 15 is 0 Å². The van der Waals surface area contributed by atoms with Crippen molar-refractivity contribution >= 4 is 21.5 Å². The van der Waals surface area contributed by atoms with Gasteiger partial charge in [0.2, 0.25) is 0 Å². The third kappa shape index (κ3) is 3.94. The van der Waals surface area contributed by atoms with Gasteiger partial charge in [-0.05, 0) is 23.2 Å². The zero-order chi connectivity index (χ0) is 13.1. The molecule has 17 heavy (non-hydrogen) atoms. The molecule has 0 aliphatic heterocycles. The number of hydrogen-bond donors (Lipinski definition) is 2. The number of aromatic nitrogens is 1. The number of thiazole rings is 1. The van der Waals surface area contributed by atoms with Crippen LogP contribution in [0, 0.1) is 15.5 Å². The van der Waals surface area contributed by atoms with Crippen LogP contribution in [0.5, 0.6) is 0 Å². The number of anilines is 1. The summed E-state index contributed by atoms with van der Waals surface area (Å²) < 4.78 is 0. The second kappa shape index (κ2) is 5.42. The largest absolute Gasteiger partial charge is 0.396 e. The van der Waals surface area contributed by atoms with Crippen molar-refractivity contribution in [3.05, 3.63) is 16.3 Å². The average molecular weight is 259 g/mol. The Morgan fingerprint density at radius 1 is 1.65 bits per heavy atom. The van der Waals surface area contributed by atoms with Gasteiger partial charge in [-0.15, -0.1) is 0 Å². The quantitative estimate of drug-likeness (QED) is 0.625. The van der Waals surface area contributed by atoms with Gasteiger partial charge in [-0.1, -0.05) is 20.8 Å². The van der Waals surface area contributed by atoms with E-state index in [9.17, 15) is 10.1 Å². The van der Waals surface area contributed by atoms with Gasteiger partial charge in [-0.25, -0.2) is 4.98 Å². The van der Waals surface area contributed by atoms with Gasteiger partial charge in [0.25, 0.3) is 0 Å². The normalized spacial score (nSPS) is 13.4. The van der Waals surface area contributed by atoms with E-state index in [1.54, 1.807) is 0 Å². The highest BCUT2D eigenvalue weighted by atomic mass is 32.1. The Morgan fingerprint density at radius 3 is 2.71 bits per heavy atom. The van der Waals surface area contributed by atoms with Crippen molar-refractivity contribution in [2.75, 3.05) is 11.9 Å². The molecule has 0 radical (unpaired) electrons. The summed E-state index contributed by atoms with van der Waals surface area (Å²) in [4.78, 5) is 14.0. The van der Waals surface area contributed by atoms with Crippen LogP contribution in [0.2, 0.25) is 0 Å². The number of hydrogen-bond acceptors (Lipinski definition) is 6. The fourth-order valence-corrected chi connectivity index (χ4v) is 2.10. The Kier molecular flexibility index (Phi) is 4.41. The first-order valence-corrected chi connectivity index (χ1v) is 6.14. The molecule has 0 fully saturated rings. The molecule has 2 N–H and O–H groups in total. The maximum absolute atomic E-state index is 10.5. The first kappa shape index (κ1) is 13.9. The van der Waals surface area contributed by atoms with Crippen LogP contribution in [-0.4, -0.2) is 27.7 Å². The van der Waals surface area contributed by atoms with Crippen LogP contribution < -0.4 is 5.32 Å². The van der Waals surface area contributed by atoms with Crippen molar-refractivity contribution in [2.45, 2.75) is 33.2 Å². The van der Waals surface area contributed by atoms with Crippen molar-refractivity contribution in [1.82, 2.24) is 4.98 Å². The molecule has 1 atom stereocenters. The molecule has 0 aliphatic rings. The van der Waals surface area contributed by atoms with Gasteiger partial charge in [0.05, 0.1) is 4.92 Å². The maximum atomic E-state index is 10.5. The average Bonchev–Trinajstić information content (AvgIpc) is 2.64. The number of aliphatic hydroxyl groups is 1. The van der Waals surface area contributed by atoms with Crippen LogP contribution in [0.1, 0.15) is 27.2 Å². The number of rotatable bonds is 5. The van der Waals surface area contributed by atoms with Crippen molar-refractivity contribution in [3.63, 3.8) is 0 Å². The highest BCUT2D eigenvalue weighted by Crippen LogP contribution is 2.30. The fraction of sp³-hybridized carbons (Fsp3) is 0.700. The maximum Gasteiger partial charge on any atom is 0.345 e. The number of nitro groups is 1. The van der Waals surface area contributed by atoms with Crippen LogP contribution in [0.15, 0.2) is 6.20 Å². The monoisotopic (exact) mass is 259 g/mol. The lowest BCUT2D eigenvalue weighted by Crippen LogP contribution is -2.34. The van der Waals surface area contributed by atoms with Gasteiger partial charge in [-0.2, -0.15) is 0 Å². The molecule has 7 heteroatoms. The van der Waals surface area contributed by atoms with Crippen LogP contribution in [0.3, 0.4) is 0 Å². The second-order valence-electron chi connectivity index (χ2n) is 4.84. The molecule has 1 aromatic rings. The minimum atomic E-state index is -0.457. The Morgan fingerprint density at radius 2 is 2.29 bits per heavy atom. The molecule has 0 spiro atoms. The summed E-state index contributed by atoms with van der Waals surface area (Å²) in [7, 11) is 0. The predicted octanol–water partition coefficient (Wildman–Crippen LogP) is 2.26. The van der Waals surface area contributed by atoms with Gasteiger partial charge < -0.3 is 10.4 Å². The van der Waals surface area contributed by atoms with E-state index in [1.807, 2.05) is 20.8 Å². The van der Waals surface area contributed by atoms with Crippen LogP contribution in [-0.2, 0) is 0 Å². The van der Waals surface area contributed by atoms with Gasteiger partial charge in [0.1, 0.15) is 6.20 Å². The highest BCUT2D eigenvalue weighted by molar-refractivity contribution is 7.18. The molecule has 0 bridgehead atoms. The lowest BCUT2D eigenvalue weighted by atomic mass is 9.85. The molecule has 1 heterocycles. The van der Waals surface area contributed by atoms with Crippen LogP contribution in [0.25, 0.3) is 0 Å². The van der Waals surface area contributed by atoms with Crippen molar-refractivity contribution < 1.29 is 10.0 Å². The topological polar surface area (TPSA) is 88.3 Å². The number of nitrogens with one attached hydrogen (secondary N) is 1. The molecule has 96 valence electrons. The lowest BCUT2D eigenvalue weighted by Gasteiger charge is -2.30. The minimum absolute atomic E-state index is 0.0177. The zero-order valence-electron chi connectivity index (χ0n) is 10.1. The van der Waals surface area contributed by atoms with E-state index in [-0.39, 0.29) is 23.1 Å². The SMILES string of the molecule is CC(C)(C)C(CCO)Nc1ncc([N+](=O)[O-])s1. The van der Waals surface area contributed by atoms with Crippen molar-refractivity contribution in [1.29, 1.82) is 0 Å². The first-order chi connectivity index (χ1) is 7.84. The molecule has 0 saturated heterocycles. The molecule has 0 aliphatic carbocycles. The van der Waals surface area contributed by atoms with Crippen molar-refractivity contribution in [3.8, 4) is 0 Å². The zero-order valence-corrected chi connectivity index (χ0v) is 11.0. The summed E-state index contributed by atoms with van der Waals surface area (Å²) in [6, 6.07) is 0.0262. The molecule has 0 saturated carbocycles. The van der Waals surface area contributed by atoms with Gasteiger partial charge in [-0.3, -0.25) is 10.1 Å². The van der Waals surface area contributed by atoms with Crippen LogP contribution >= 0.6 is 11.3 Å². The summed E-state index contributed by atoms with van der Waals surface area (Å²) in [6.45, 7) is 6.20. The molecule has 1 unspecified atom stereocenters. The molecule has 0 amide bonds.